The van der Waals surface area contributed by atoms with Crippen LogP contribution < -0.4 is 5.32 Å². The van der Waals surface area contributed by atoms with Gasteiger partial charge in [-0.1, -0.05) is 12.2 Å². The van der Waals surface area contributed by atoms with E-state index in [2.05, 4.69) is 22.5 Å². The fraction of sp³-hybridized carbons (Fsp3) is 0.632. The molecule has 0 bridgehead atoms. The molecule has 1 spiro atoms. The van der Waals surface area contributed by atoms with Gasteiger partial charge in [-0.05, 0) is 32.1 Å². The van der Waals surface area contributed by atoms with Crippen LogP contribution in [0.5, 0.6) is 0 Å². The second-order valence-corrected chi connectivity index (χ2v) is 8.60. The van der Waals surface area contributed by atoms with E-state index in [0.717, 1.165) is 56.6 Å². The van der Waals surface area contributed by atoms with Crippen LogP contribution in [-0.4, -0.2) is 40.8 Å². The number of aryl methyl sites for hydroxylation is 1. The molecular weight excluding hydrogens is 334 g/mol. The first kappa shape index (κ1) is 16.8. The van der Waals surface area contributed by atoms with E-state index in [4.69, 9.17) is 0 Å². The molecule has 2 atom stereocenters. The Bertz CT molecular complexity index is 664. The van der Waals surface area contributed by atoms with Crippen molar-refractivity contribution in [2.45, 2.75) is 51.0 Å². The summed E-state index contributed by atoms with van der Waals surface area (Å²) >= 11 is 1.60. The summed E-state index contributed by atoms with van der Waals surface area (Å²) < 4.78 is 0. The minimum absolute atomic E-state index is 0.138. The summed E-state index contributed by atoms with van der Waals surface area (Å²) in [5.41, 5.74) is 0.150. The number of carbonyl (C=O) groups is 2. The highest BCUT2D eigenvalue weighted by Gasteiger charge is 2.56. The van der Waals surface area contributed by atoms with Crippen molar-refractivity contribution in [2.24, 2.45) is 11.3 Å². The van der Waals surface area contributed by atoms with E-state index < -0.39 is 0 Å². The van der Waals surface area contributed by atoms with Gasteiger partial charge in [0.15, 0.2) is 0 Å². The van der Waals surface area contributed by atoms with Crippen molar-refractivity contribution in [2.75, 3.05) is 13.1 Å². The smallest absolute Gasteiger partial charge is 0.223 e. The lowest BCUT2D eigenvalue weighted by molar-refractivity contribution is -0.156. The molecule has 1 saturated heterocycles. The monoisotopic (exact) mass is 359 g/mol. The average Bonchev–Trinajstić information content (AvgIpc) is 3.10. The third-order valence-corrected chi connectivity index (χ3v) is 6.87. The van der Waals surface area contributed by atoms with Crippen LogP contribution in [-0.2, 0) is 16.0 Å². The summed E-state index contributed by atoms with van der Waals surface area (Å²) in [4.78, 5) is 31.0. The van der Waals surface area contributed by atoms with Gasteiger partial charge in [0, 0.05) is 54.9 Å². The molecule has 5 nitrogen and oxygen atoms in total. The topological polar surface area (TPSA) is 62.3 Å². The summed E-state index contributed by atoms with van der Waals surface area (Å²) in [7, 11) is 0. The normalized spacial score (nSPS) is 26.8. The lowest BCUT2D eigenvalue weighted by atomic mass is 9.59. The Morgan fingerprint density at radius 1 is 1.32 bits per heavy atom. The standard InChI is InChI=1S/C19H25N3O2S/c23-17(7-6-16-20-10-11-25-16)22-12-19(13-22)9-8-15(19)21-18(24)14-4-2-1-3-5-14/h1-2,10-11,14-15H,3-9,12-13H2,(H,21,24)/t14-,15?/m1/s1. The Labute approximate surface area is 152 Å². The zero-order valence-corrected chi connectivity index (χ0v) is 15.3. The Morgan fingerprint density at radius 3 is 2.84 bits per heavy atom. The van der Waals surface area contributed by atoms with E-state index in [9.17, 15) is 9.59 Å². The second kappa shape index (κ2) is 6.90. The van der Waals surface area contributed by atoms with Crippen molar-refractivity contribution in [3.8, 4) is 0 Å². The van der Waals surface area contributed by atoms with Gasteiger partial charge in [-0.2, -0.15) is 0 Å². The Balaban J connectivity index is 1.23. The quantitative estimate of drug-likeness (QED) is 0.822. The van der Waals surface area contributed by atoms with Crippen LogP contribution in [0.25, 0.3) is 0 Å². The summed E-state index contributed by atoms with van der Waals surface area (Å²) in [6.45, 7) is 1.61. The van der Waals surface area contributed by atoms with Gasteiger partial charge < -0.3 is 10.2 Å². The maximum atomic E-state index is 12.4. The van der Waals surface area contributed by atoms with Crippen molar-refractivity contribution < 1.29 is 9.59 Å². The number of carbonyl (C=O) groups excluding carboxylic acids is 2. The highest BCUT2D eigenvalue weighted by Crippen LogP contribution is 2.48. The second-order valence-electron chi connectivity index (χ2n) is 7.62. The number of aromatic nitrogens is 1. The molecule has 2 fully saturated rings. The van der Waals surface area contributed by atoms with Crippen molar-refractivity contribution in [3.05, 3.63) is 28.7 Å². The largest absolute Gasteiger partial charge is 0.352 e. The first-order valence-corrected chi connectivity index (χ1v) is 10.2. The van der Waals surface area contributed by atoms with E-state index in [1.165, 1.54) is 0 Å². The number of allylic oxidation sites excluding steroid dienone is 2. The highest BCUT2D eigenvalue weighted by atomic mass is 32.1. The van der Waals surface area contributed by atoms with Gasteiger partial charge in [-0.3, -0.25) is 9.59 Å². The molecule has 25 heavy (non-hydrogen) atoms. The van der Waals surface area contributed by atoms with E-state index in [0.29, 0.717) is 6.42 Å². The molecule has 1 aliphatic heterocycles. The number of nitrogens with zero attached hydrogens (tertiary/aromatic N) is 2. The van der Waals surface area contributed by atoms with Gasteiger partial charge in [0.05, 0.1) is 5.01 Å². The molecule has 6 heteroatoms. The van der Waals surface area contributed by atoms with Gasteiger partial charge in [-0.15, -0.1) is 11.3 Å². The zero-order valence-electron chi connectivity index (χ0n) is 14.4. The number of hydrogen-bond acceptors (Lipinski definition) is 4. The van der Waals surface area contributed by atoms with Crippen LogP contribution in [0, 0.1) is 11.3 Å². The summed E-state index contributed by atoms with van der Waals surface area (Å²) in [5, 5.41) is 6.25. The van der Waals surface area contributed by atoms with E-state index >= 15 is 0 Å². The fourth-order valence-electron chi connectivity index (χ4n) is 4.26. The van der Waals surface area contributed by atoms with E-state index in [1.807, 2.05) is 10.3 Å². The highest BCUT2D eigenvalue weighted by molar-refractivity contribution is 7.09. The SMILES string of the molecule is O=C(NC1CCC12CN(C(=O)CCc1nccs1)C2)[C@@H]1CC=CCC1. The number of hydrogen-bond donors (Lipinski definition) is 1. The van der Waals surface area contributed by atoms with Gasteiger partial charge in [-0.25, -0.2) is 4.98 Å². The molecule has 4 rings (SSSR count). The van der Waals surface area contributed by atoms with Crippen molar-refractivity contribution >= 4 is 23.2 Å². The molecular formula is C19H25N3O2S. The first-order valence-electron chi connectivity index (χ1n) is 9.28. The third kappa shape index (κ3) is 3.36. The number of rotatable bonds is 5. The molecule has 134 valence electrons. The third-order valence-electron chi connectivity index (χ3n) is 6.03. The molecule has 1 aromatic heterocycles. The minimum atomic E-state index is 0.138. The molecule has 2 aliphatic carbocycles. The number of nitrogens with one attached hydrogen (secondary N) is 1. The van der Waals surface area contributed by atoms with Crippen LogP contribution >= 0.6 is 11.3 Å². The van der Waals surface area contributed by atoms with Crippen LogP contribution in [0.4, 0.5) is 0 Å². The van der Waals surface area contributed by atoms with E-state index in [1.54, 1.807) is 17.5 Å². The summed E-state index contributed by atoms with van der Waals surface area (Å²) in [6.07, 6.45) is 12.4. The first-order chi connectivity index (χ1) is 12.2. The molecule has 3 aliphatic rings. The molecule has 2 amide bonds. The number of amides is 2. The van der Waals surface area contributed by atoms with Crippen LogP contribution in [0.2, 0.25) is 0 Å². The minimum Gasteiger partial charge on any atom is -0.352 e. The van der Waals surface area contributed by atoms with Gasteiger partial charge in [0.2, 0.25) is 11.8 Å². The number of thiazole rings is 1. The molecule has 0 aromatic carbocycles. The van der Waals surface area contributed by atoms with Gasteiger partial charge >= 0.3 is 0 Å². The van der Waals surface area contributed by atoms with Crippen LogP contribution in [0.1, 0.15) is 43.5 Å². The number of likely N-dealkylation sites (tertiary alicyclic amines) is 1. The summed E-state index contributed by atoms with van der Waals surface area (Å²) in [6, 6.07) is 0.258. The molecule has 0 radical (unpaired) electrons. The fourth-order valence-corrected chi connectivity index (χ4v) is 4.88. The Hall–Kier alpha value is -1.69. The molecule has 1 aromatic rings. The lowest BCUT2D eigenvalue weighted by Gasteiger charge is -2.60. The molecule has 1 saturated carbocycles. The predicted octanol–water partition coefficient (Wildman–Crippen LogP) is 2.54. The van der Waals surface area contributed by atoms with Gasteiger partial charge in [0.1, 0.15) is 0 Å². The zero-order chi connectivity index (χ0) is 17.3. The Morgan fingerprint density at radius 2 is 2.20 bits per heavy atom. The molecule has 1 unspecified atom stereocenters. The Kier molecular flexibility index (Phi) is 4.63. The molecule has 1 N–H and O–H groups in total. The van der Waals surface area contributed by atoms with E-state index in [-0.39, 0.29) is 29.2 Å². The van der Waals surface area contributed by atoms with Crippen molar-refractivity contribution in [1.82, 2.24) is 15.2 Å². The van der Waals surface area contributed by atoms with Crippen LogP contribution in [0.3, 0.4) is 0 Å². The maximum absolute atomic E-state index is 12.4. The average molecular weight is 359 g/mol. The summed E-state index contributed by atoms with van der Waals surface area (Å²) in [5.74, 6) is 0.566. The van der Waals surface area contributed by atoms with Crippen molar-refractivity contribution in [3.63, 3.8) is 0 Å². The lowest BCUT2D eigenvalue weighted by Crippen LogP contribution is -2.71. The van der Waals surface area contributed by atoms with Gasteiger partial charge in [0.25, 0.3) is 0 Å². The predicted molar refractivity (Wildman–Crippen MR) is 97.1 cm³/mol. The molecule has 2 heterocycles. The van der Waals surface area contributed by atoms with Crippen molar-refractivity contribution in [1.29, 1.82) is 0 Å². The maximum Gasteiger partial charge on any atom is 0.223 e. The van der Waals surface area contributed by atoms with Crippen LogP contribution in [0.15, 0.2) is 23.7 Å².